The van der Waals surface area contributed by atoms with Gasteiger partial charge in [-0.25, -0.2) is 4.68 Å². The third-order valence-corrected chi connectivity index (χ3v) is 5.70. The SMILES string of the molecule is CC(C)(C)n1nnnc1[C@@H](c1cccs1)[NH+](Cc1cccnc1)Cc1ccco1. The molecule has 1 unspecified atom stereocenters. The first-order valence-electron chi connectivity index (χ1n) is 9.60. The van der Waals surface area contributed by atoms with E-state index in [4.69, 9.17) is 4.42 Å². The number of thiophene rings is 1. The van der Waals surface area contributed by atoms with E-state index in [0.717, 1.165) is 23.7 Å². The molecular formula is C21H25N6OS+. The summed E-state index contributed by atoms with van der Waals surface area (Å²) in [5.41, 5.74) is 0.934. The molecule has 2 atom stereocenters. The van der Waals surface area contributed by atoms with Crippen LogP contribution in [0.3, 0.4) is 0 Å². The Morgan fingerprint density at radius 3 is 2.69 bits per heavy atom. The second kappa shape index (κ2) is 8.26. The van der Waals surface area contributed by atoms with E-state index < -0.39 is 0 Å². The van der Waals surface area contributed by atoms with Crippen LogP contribution < -0.4 is 4.90 Å². The van der Waals surface area contributed by atoms with Crippen molar-refractivity contribution in [2.75, 3.05) is 0 Å². The first-order chi connectivity index (χ1) is 14.0. The lowest BCUT2D eigenvalue weighted by Crippen LogP contribution is -3.10. The van der Waals surface area contributed by atoms with Crippen LogP contribution in [0.1, 0.15) is 48.8 Å². The summed E-state index contributed by atoms with van der Waals surface area (Å²) in [6, 6.07) is 12.2. The van der Waals surface area contributed by atoms with Crippen LogP contribution in [0.4, 0.5) is 0 Å². The first-order valence-corrected chi connectivity index (χ1v) is 10.5. The van der Waals surface area contributed by atoms with Gasteiger partial charge in [-0.1, -0.05) is 12.1 Å². The van der Waals surface area contributed by atoms with E-state index in [1.54, 1.807) is 23.8 Å². The zero-order valence-corrected chi connectivity index (χ0v) is 17.6. The minimum Gasteiger partial charge on any atom is -0.463 e. The minimum atomic E-state index is -0.224. The van der Waals surface area contributed by atoms with Crippen molar-refractivity contribution in [2.45, 2.75) is 45.4 Å². The highest BCUT2D eigenvalue weighted by Crippen LogP contribution is 2.25. The molecule has 1 N–H and O–H groups in total. The lowest BCUT2D eigenvalue weighted by atomic mass is 10.1. The maximum absolute atomic E-state index is 5.69. The fourth-order valence-corrected chi connectivity index (χ4v) is 4.37. The molecule has 0 bridgehead atoms. The minimum absolute atomic E-state index is 0.0328. The summed E-state index contributed by atoms with van der Waals surface area (Å²) in [5, 5.41) is 14.9. The molecule has 29 heavy (non-hydrogen) atoms. The van der Waals surface area contributed by atoms with Gasteiger partial charge in [0.2, 0.25) is 5.82 Å². The number of tetrazole rings is 1. The molecule has 0 aliphatic heterocycles. The first kappa shape index (κ1) is 19.5. The third kappa shape index (κ3) is 4.44. The van der Waals surface area contributed by atoms with Gasteiger partial charge in [-0.2, -0.15) is 0 Å². The molecule has 0 saturated carbocycles. The van der Waals surface area contributed by atoms with Gasteiger partial charge in [-0.3, -0.25) is 4.98 Å². The normalized spacial score (nSPS) is 14.0. The Bertz CT molecular complexity index is 1010. The van der Waals surface area contributed by atoms with Gasteiger partial charge in [-0.05, 0) is 60.8 Å². The highest BCUT2D eigenvalue weighted by atomic mass is 32.1. The van der Waals surface area contributed by atoms with Crippen molar-refractivity contribution < 1.29 is 9.32 Å². The summed E-state index contributed by atoms with van der Waals surface area (Å²) < 4.78 is 7.63. The number of aromatic nitrogens is 5. The van der Waals surface area contributed by atoms with Crippen molar-refractivity contribution in [3.63, 3.8) is 0 Å². The van der Waals surface area contributed by atoms with Gasteiger partial charge in [-0.15, -0.1) is 16.4 Å². The lowest BCUT2D eigenvalue weighted by Gasteiger charge is -2.29. The number of nitrogens with zero attached hydrogens (tertiary/aromatic N) is 5. The predicted octanol–water partition coefficient (Wildman–Crippen LogP) is 2.85. The van der Waals surface area contributed by atoms with Crippen molar-refractivity contribution in [3.8, 4) is 0 Å². The van der Waals surface area contributed by atoms with E-state index in [9.17, 15) is 0 Å². The maximum Gasteiger partial charge on any atom is 0.215 e. The molecule has 150 valence electrons. The number of furan rings is 1. The Morgan fingerprint density at radius 2 is 2.03 bits per heavy atom. The van der Waals surface area contributed by atoms with Gasteiger partial charge in [0.05, 0.1) is 16.7 Å². The Morgan fingerprint density at radius 1 is 1.14 bits per heavy atom. The molecule has 4 aromatic heterocycles. The van der Waals surface area contributed by atoms with Crippen molar-refractivity contribution in [1.29, 1.82) is 0 Å². The van der Waals surface area contributed by atoms with E-state index in [0.29, 0.717) is 6.54 Å². The van der Waals surface area contributed by atoms with Crippen molar-refractivity contribution in [1.82, 2.24) is 25.2 Å². The largest absolute Gasteiger partial charge is 0.463 e. The number of pyridine rings is 1. The number of quaternary nitrogens is 1. The van der Waals surface area contributed by atoms with Crippen LogP contribution in [-0.4, -0.2) is 25.2 Å². The van der Waals surface area contributed by atoms with E-state index in [1.807, 2.05) is 29.1 Å². The summed E-state index contributed by atoms with van der Waals surface area (Å²) in [4.78, 5) is 6.79. The quantitative estimate of drug-likeness (QED) is 0.508. The average Bonchev–Trinajstić information content (AvgIpc) is 3.45. The molecule has 0 fully saturated rings. The molecule has 0 radical (unpaired) electrons. The molecule has 4 aromatic rings. The van der Waals surface area contributed by atoms with Gasteiger partial charge >= 0.3 is 0 Å². The second-order valence-corrected chi connectivity index (χ2v) is 9.00. The number of hydrogen-bond donors (Lipinski definition) is 1. The van der Waals surface area contributed by atoms with Crippen LogP contribution in [-0.2, 0) is 18.6 Å². The monoisotopic (exact) mass is 409 g/mol. The fraction of sp³-hybridized carbons (Fsp3) is 0.333. The number of hydrogen-bond acceptors (Lipinski definition) is 6. The number of rotatable bonds is 7. The Labute approximate surface area is 174 Å². The zero-order valence-electron chi connectivity index (χ0n) is 16.8. The molecule has 0 aliphatic rings. The summed E-state index contributed by atoms with van der Waals surface area (Å²) in [6.45, 7) is 7.83. The second-order valence-electron chi connectivity index (χ2n) is 8.02. The zero-order chi connectivity index (χ0) is 20.3. The Balaban J connectivity index is 1.79. The fourth-order valence-electron chi connectivity index (χ4n) is 3.49. The van der Waals surface area contributed by atoms with Gasteiger partial charge < -0.3 is 9.32 Å². The maximum atomic E-state index is 5.69. The van der Waals surface area contributed by atoms with Crippen molar-refractivity contribution in [3.05, 3.63) is 82.5 Å². The molecule has 0 saturated heterocycles. The number of nitrogens with one attached hydrogen (secondary N) is 1. The molecule has 0 amide bonds. The Hall–Kier alpha value is -2.84. The van der Waals surface area contributed by atoms with Gasteiger partial charge in [0.1, 0.15) is 13.1 Å². The van der Waals surface area contributed by atoms with Gasteiger partial charge in [0.15, 0.2) is 11.8 Å². The lowest BCUT2D eigenvalue weighted by molar-refractivity contribution is -0.953. The van der Waals surface area contributed by atoms with Gasteiger partial charge in [0.25, 0.3) is 0 Å². The van der Waals surface area contributed by atoms with Crippen LogP contribution >= 0.6 is 11.3 Å². The molecule has 4 heterocycles. The highest BCUT2D eigenvalue weighted by Gasteiger charge is 2.35. The van der Waals surface area contributed by atoms with Crippen LogP contribution in [0.25, 0.3) is 0 Å². The summed E-state index contributed by atoms with van der Waals surface area (Å²) >= 11 is 1.72. The summed E-state index contributed by atoms with van der Waals surface area (Å²) in [5.74, 6) is 1.78. The van der Waals surface area contributed by atoms with Crippen LogP contribution in [0.2, 0.25) is 0 Å². The molecule has 7 nitrogen and oxygen atoms in total. The van der Waals surface area contributed by atoms with Crippen LogP contribution in [0.15, 0.2) is 64.9 Å². The summed E-state index contributed by atoms with van der Waals surface area (Å²) in [6.07, 6.45) is 5.43. The van der Waals surface area contributed by atoms with E-state index in [2.05, 4.69) is 64.9 Å². The molecule has 0 aliphatic carbocycles. The molecule has 0 spiro atoms. The predicted molar refractivity (Wildman–Crippen MR) is 110 cm³/mol. The average molecular weight is 410 g/mol. The smallest absolute Gasteiger partial charge is 0.215 e. The van der Waals surface area contributed by atoms with E-state index in [-0.39, 0.29) is 11.6 Å². The van der Waals surface area contributed by atoms with Crippen molar-refractivity contribution in [2.24, 2.45) is 0 Å². The molecule has 0 aromatic carbocycles. The van der Waals surface area contributed by atoms with Crippen LogP contribution in [0, 0.1) is 0 Å². The van der Waals surface area contributed by atoms with E-state index in [1.165, 1.54) is 9.78 Å². The molecule has 8 heteroatoms. The third-order valence-electron chi connectivity index (χ3n) is 4.76. The van der Waals surface area contributed by atoms with E-state index >= 15 is 0 Å². The standard InChI is InChI=1S/C21H24N6OS/c1-21(2,3)27-20(23-24-25-27)19(18-9-6-12-29-18)26(15-17-8-5-11-28-17)14-16-7-4-10-22-13-16/h4-13,19H,14-15H2,1-3H3/p+1/t19-/m1/s1. The highest BCUT2D eigenvalue weighted by molar-refractivity contribution is 7.10. The molecule has 4 rings (SSSR count). The Kier molecular flexibility index (Phi) is 5.55. The van der Waals surface area contributed by atoms with Crippen LogP contribution in [0.5, 0.6) is 0 Å². The van der Waals surface area contributed by atoms with Gasteiger partial charge in [0, 0.05) is 18.0 Å². The summed E-state index contributed by atoms with van der Waals surface area (Å²) in [7, 11) is 0. The topological polar surface area (TPSA) is 74.1 Å². The molecular weight excluding hydrogens is 384 g/mol. The van der Waals surface area contributed by atoms with Crippen molar-refractivity contribution >= 4 is 11.3 Å².